The molecule has 0 bridgehead atoms. The minimum Gasteiger partial charge on any atom is -0.384 e. The van der Waals surface area contributed by atoms with Gasteiger partial charge in [-0.2, -0.15) is 16.1 Å². The van der Waals surface area contributed by atoms with Crippen molar-refractivity contribution < 1.29 is 8.42 Å². The van der Waals surface area contributed by atoms with E-state index in [2.05, 4.69) is 12.2 Å². The number of hydrogen-bond acceptors (Lipinski definition) is 4. The minimum absolute atomic E-state index is 0.371. The molecule has 1 atom stereocenters. The Labute approximate surface area is 118 Å². The van der Waals surface area contributed by atoms with Gasteiger partial charge in [0, 0.05) is 36.3 Å². The predicted molar refractivity (Wildman–Crippen MR) is 79.3 cm³/mol. The van der Waals surface area contributed by atoms with Crippen LogP contribution in [-0.4, -0.2) is 43.4 Å². The molecular weight excluding hydrogens is 280 g/mol. The number of anilines is 1. The SMILES string of the molecule is CC1CN(S(=O)(=O)c2ccc3c(c2)NCC3)CCS1. The molecule has 1 fully saturated rings. The van der Waals surface area contributed by atoms with Gasteiger partial charge in [0.2, 0.25) is 10.0 Å². The molecule has 2 aliphatic rings. The summed E-state index contributed by atoms with van der Waals surface area (Å²) in [5.74, 6) is 0.879. The number of benzene rings is 1. The molecule has 2 heterocycles. The second-order valence-corrected chi connectivity index (χ2v) is 8.52. The van der Waals surface area contributed by atoms with Crippen LogP contribution in [0.5, 0.6) is 0 Å². The van der Waals surface area contributed by atoms with Gasteiger partial charge in [-0.3, -0.25) is 0 Å². The molecule has 1 unspecified atom stereocenters. The van der Waals surface area contributed by atoms with Crippen LogP contribution in [0.15, 0.2) is 23.1 Å². The summed E-state index contributed by atoms with van der Waals surface area (Å²) in [4.78, 5) is 0.416. The minimum atomic E-state index is -3.34. The predicted octanol–water partition coefficient (Wildman–Crippen LogP) is 1.78. The van der Waals surface area contributed by atoms with E-state index < -0.39 is 10.0 Å². The van der Waals surface area contributed by atoms with E-state index >= 15 is 0 Å². The van der Waals surface area contributed by atoms with Crippen molar-refractivity contribution in [1.29, 1.82) is 0 Å². The lowest BCUT2D eigenvalue weighted by Crippen LogP contribution is -2.40. The number of nitrogens with one attached hydrogen (secondary N) is 1. The number of rotatable bonds is 2. The lowest BCUT2D eigenvalue weighted by molar-refractivity contribution is 0.424. The maximum Gasteiger partial charge on any atom is 0.243 e. The molecule has 0 amide bonds. The second-order valence-electron chi connectivity index (χ2n) is 5.04. The van der Waals surface area contributed by atoms with Crippen LogP contribution in [0, 0.1) is 0 Å². The van der Waals surface area contributed by atoms with Crippen LogP contribution in [0.1, 0.15) is 12.5 Å². The van der Waals surface area contributed by atoms with Crippen molar-refractivity contribution in [2.75, 3.05) is 30.7 Å². The second kappa shape index (κ2) is 5.00. The third-order valence-corrected chi connectivity index (χ3v) is 6.63. The lowest BCUT2D eigenvalue weighted by Gasteiger charge is -2.29. The first kappa shape index (κ1) is 13.3. The molecule has 0 aromatic heterocycles. The van der Waals surface area contributed by atoms with Gasteiger partial charge in [0.05, 0.1) is 4.90 Å². The fraction of sp³-hybridized carbons (Fsp3) is 0.538. The molecule has 6 heteroatoms. The number of sulfonamides is 1. The molecule has 3 rings (SSSR count). The van der Waals surface area contributed by atoms with E-state index in [4.69, 9.17) is 0 Å². The lowest BCUT2D eigenvalue weighted by atomic mass is 10.2. The van der Waals surface area contributed by atoms with Crippen molar-refractivity contribution in [2.45, 2.75) is 23.5 Å². The summed E-state index contributed by atoms with van der Waals surface area (Å²) < 4.78 is 26.9. The normalized spacial score (nSPS) is 23.9. The molecule has 0 aliphatic carbocycles. The Morgan fingerprint density at radius 2 is 2.26 bits per heavy atom. The molecule has 0 saturated carbocycles. The van der Waals surface area contributed by atoms with Crippen molar-refractivity contribution in [3.8, 4) is 0 Å². The van der Waals surface area contributed by atoms with E-state index in [1.165, 1.54) is 5.56 Å². The Morgan fingerprint density at radius 3 is 3.05 bits per heavy atom. The number of thioether (sulfide) groups is 1. The van der Waals surface area contributed by atoms with Gasteiger partial charge in [-0.05, 0) is 24.1 Å². The first-order valence-corrected chi connectivity index (χ1v) is 9.05. The first-order valence-electron chi connectivity index (χ1n) is 6.56. The summed E-state index contributed by atoms with van der Waals surface area (Å²) in [5, 5.41) is 3.61. The number of hydrogen-bond donors (Lipinski definition) is 1. The van der Waals surface area contributed by atoms with Gasteiger partial charge in [0.15, 0.2) is 0 Å². The van der Waals surface area contributed by atoms with Gasteiger partial charge in [0.1, 0.15) is 0 Å². The van der Waals surface area contributed by atoms with Crippen molar-refractivity contribution in [3.05, 3.63) is 23.8 Å². The molecule has 19 heavy (non-hydrogen) atoms. The van der Waals surface area contributed by atoms with Crippen LogP contribution in [-0.2, 0) is 16.4 Å². The molecule has 1 N–H and O–H groups in total. The third-order valence-electron chi connectivity index (χ3n) is 3.63. The fourth-order valence-corrected chi connectivity index (χ4v) is 5.36. The van der Waals surface area contributed by atoms with Crippen molar-refractivity contribution >= 4 is 27.5 Å². The highest BCUT2D eigenvalue weighted by Crippen LogP contribution is 2.29. The molecular formula is C13H18N2O2S2. The highest BCUT2D eigenvalue weighted by atomic mass is 32.2. The fourth-order valence-electron chi connectivity index (χ4n) is 2.58. The van der Waals surface area contributed by atoms with Crippen LogP contribution in [0.4, 0.5) is 5.69 Å². The molecule has 4 nitrogen and oxygen atoms in total. The molecule has 0 spiro atoms. The number of fused-ring (bicyclic) bond motifs is 1. The Morgan fingerprint density at radius 1 is 1.42 bits per heavy atom. The molecule has 1 saturated heterocycles. The Balaban J connectivity index is 1.91. The smallest absolute Gasteiger partial charge is 0.243 e. The summed E-state index contributed by atoms with van der Waals surface area (Å²) in [6.45, 7) is 4.20. The third kappa shape index (κ3) is 2.49. The summed E-state index contributed by atoms with van der Waals surface area (Å²) in [6.07, 6.45) is 0.979. The van der Waals surface area contributed by atoms with Gasteiger partial charge >= 0.3 is 0 Å². The maximum atomic E-state index is 12.6. The van der Waals surface area contributed by atoms with Crippen LogP contribution >= 0.6 is 11.8 Å². The van der Waals surface area contributed by atoms with Crippen molar-refractivity contribution in [2.24, 2.45) is 0 Å². The van der Waals surface area contributed by atoms with Crippen LogP contribution in [0.25, 0.3) is 0 Å². The topological polar surface area (TPSA) is 49.4 Å². The van der Waals surface area contributed by atoms with Crippen LogP contribution < -0.4 is 5.32 Å². The summed E-state index contributed by atoms with van der Waals surface area (Å²) in [5.41, 5.74) is 2.18. The highest BCUT2D eigenvalue weighted by Gasteiger charge is 2.29. The van der Waals surface area contributed by atoms with E-state index in [0.29, 0.717) is 23.2 Å². The molecule has 1 aromatic carbocycles. The molecule has 1 aromatic rings. The average Bonchev–Trinajstić information content (AvgIpc) is 2.85. The maximum absolute atomic E-state index is 12.6. The van der Waals surface area contributed by atoms with Gasteiger partial charge < -0.3 is 5.32 Å². The van der Waals surface area contributed by atoms with E-state index in [0.717, 1.165) is 24.4 Å². The molecule has 2 aliphatic heterocycles. The van der Waals surface area contributed by atoms with E-state index in [1.807, 2.05) is 17.8 Å². The molecule has 0 radical (unpaired) electrons. The van der Waals surface area contributed by atoms with Crippen molar-refractivity contribution in [1.82, 2.24) is 4.31 Å². The van der Waals surface area contributed by atoms with Gasteiger partial charge in [-0.1, -0.05) is 13.0 Å². The Kier molecular flexibility index (Phi) is 3.49. The van der Waals surface area contributed by atoms with Crippen molar-refractivity contribution in [3.63, 3.8) is 0 Å². The quantitative estimate of drug-likeness (QED) is 0.904. The zero-order valence-electron chi connectivity index (χ0n) is 10.9. The first-order chi connectivity index (χ1) is 9.07. The summed E-state index contributed by atoms with van der Waals surface area (Å²) in [6, 6.07) is 5.46. The Bertz CT molecular complexity index is 586. The summed E-state index contributed by atoms with van der Waals surface area (Å²) in [7, 11) is -3.34. The van der Waals surface area contributed by atoms with E-state index in [9.17, 15) is 8.42 Å². The molecule has 104 valence electrons. The van der Waals surface area contributed by atoms with Gasteiger partial charge in [-0.15, -0.1) is 0 Å². The highest BCUT2D eigenvalue weighted by molar-refractivity contribution is 8.00. The van der Waals surface area contributed by atoms with Crippen LogP contribution in [0.2, 0.25) is 0 Å². The largest absolute Gasteiger partial charge is 0.384 e. The van der Waals surface area contributed by atoms with E-state index in [-0.39, 0.29) is 0 Å². The average molecular weight is 298 g/mol. The van der Waals surface area contributed by atoms with E-state index in [1.54, 1.807) is 16.4 Å². The monoisotopic (exact) mass is 298 g/mol. The number of nitrogens with zero attached hydrogens (tertiary/aromatic N) is 1. The zero-order chi connectivity index (χ0) is 13.5. The summed E-state index contributed by atoms with van der Waals surface area (Å²) >= 11 is 1.83. The van der Waals surface area contributed by atoms with Gasteiger partial charge in [0.25, 0.3) is 0 Å². The zero-order valence-corrected chi connectivity index (χ0v) is 12.6. The standard InChI is InChI=1S/C13H18N2O2S2/c1-10-9-15(6-7-18-10)19(16,17)12-3-2-11-4-5-14-13(11)8-12/h2-3,8,10,14H,4-7,9H2,1H3. The van der Waals surface area contributed by atoms with Crippen LogP contribution in [0.3, 0.4) is 0 Å². The van der Waals surface area contributed by atoms with Gasteiger partial charge in [-0.25, -0.2) is 8.42 Å². The Hall–Kier alpha value is -0.720.